The van der Waals surface area contributed by atoms with E-state index >= 15 is 0 Å². The molecule has 1 atom stereocenters. The van der Waals surface area contributed by atoms with Gasteiger partial charge in [-0.1, -0.05) is 36.3 Å². The maximum Gasteiger partial charge on any atom is 0.226 e. The van der Waals surface area contributed by atoms with E-state index in [0.717, 1.165) is 32.1 Å². The second-order valence-electron chi connectivity index (χ2n) is 6.42. The van der Waals surface area contributed by atoms with Crippen molar-refractivity contribution in [3.05, 3.63) is 47.1 Å². The number of benzene rings is 1. The molecule has 0 radical (unpaired) electrons. The van der Waals surface area contributed by atoms with Crippen LogP contribution in [0, 0.1) is 5.92 Å². The minimum absolute atomic E-state index is 0.0573. The Kier molecular flexibility index (Phi) is 5.28. The predicted molar refractivity (Wildman–Crippen MR) is 91.3 cm³/mol. The van der Waals surface area contributed by atoms with Gasteiger partial charge >= 0.3 is 0 Å². The number of aromatic nitrogens is 2. The lowest BCUT2D eigenvalue weighted by Crippen LogP contribution is -2.38. The first-order valence-corrected chi connectivity index (χ1v) is 8.88. The van der Waals surface area contributed by atoms with Gasteiger partial charge in [-0.05, 0) is 43.7 Å². The van der Waals surface area contributed by atoms with Gasteiger partial charge in [0.05, 0.1) is 6.54 Å². The van der Waals surface area contributed by atoms with E-state index < -0.39 is 0 Å². The van der Waals surface area contributed by atoms with Gasteiger partial charge in [0.2, 0.25) is 11.8 Å². The number of rotatable bonds is 6. The van der Waals surface area contributed by atoms with Crippen LogP contribution in [-0.2, 0) is 30.6 Å². The van der Waals surface area contributed by atoms with Crippen LogP contribution in [0.2, 0.25) is 0 Å². The normalized spacial score (nSPS) is 16.7. The third-order valence-corrected chi connectivity index (χ3v) is 4.70. The number of nitrogens with zero attached hydrogens (tertiary/aromatic N) is 3. The summed E-state index contributed by atoms with van der Waals surface area (Å²) >= 11 is 0. The van der Waals surface area contributed by atoms with E-state index in [2.05, 4.69) is 41.3 Å². The molecule has 3 rings (SSSR count). The molecule has 1 amide bonds. The fourth-order valence-corrected chi connectivity index (χ4v) is 3.35. The molecule has 5 heteroatoms. The number of fused-ring (bicyclic) bond motifs is 1. The van der Waals surface area contributed by atoms with Gasteiger partial charge in [0, 0.05) is 18.9 Å². The summed E-state index contributed by atoms with van der Waals surface area (Å²) in [6, 6.07) is 8.44. The highest BCUT2D eigenvalue weighted by Crippen LogP contribution is 2.27. The Morgan fingerprint density at radius 1 is 1.29 bits per heavy atom. The molecular formula is C19H25N3O2. The number of aryl methyl sites for hydroxylation is 2. The van der Waals surface area contributed by atoms with Crippen LogP contribution >= 0.6 is 0 Å². The molecule has 1 aliphatic carbocycles. The van der Waals surface area contributed by atoms with Crippen molar-refractivity contribution in [2.75, 3.05) is 6.54 Å². The van der Waals surface area contributed by atoms with Crippen LogP contribution in [0.25, 0.3) is 0 Å². The summed E-state index contributed by atoms with van der Waals surface area (Å²) in [5.74, 6) is 1.52. The molecule has 5 nitrogen and oxygen atoms in total. The van der Waals surface area contributed by atoms with Crippen LogP contribution < -0.4 is 0 Å². The van der Waals surface area contributed by atoms with Gasteiger partial charge in [-0.3, -0.25) is 4.79 Å². The zero-order chi connectivity index (χ0) is 16.9. The lowest BCUT2D eigenvalue weighted by molar-refractivity contribution is -0.136. The molecule has 128 valence electrons. The largest absolute Gasteiger partial charge is 0.339 e. The summed E-state index contributed by atoms with van der Waals surface area (Å²) in [5, 5.41) is 4.01. The SMILES string of the molecule is CCCc1nc(CN(CC)C(=O)[C@@H]2CCc3ccccc3C2)no1. The van der Waals surface area contributed by atoms with Crippen LogP contribution in [0.5, 0.6) is 0 Å². The topological polar surface area (TPSA) is 59.2 Å². The molecule has 1 aliphatic rings. The molecule has 1 aromatic heterocycles. The Hall–Kier alpha value is -2.17. The van der Waals surface area contributed by atoms with Gasteiger partial charge in [-0.2, -0.15) is 4.98 Å². The summed E-state index contributed by atoms with van der Waals surface area (Å²) in [6.07, 6.45) is 4.48. The van der Waals surface area contributed by atoms with Crippen molar-refractivity contribution in [1.82, 2.24) is 15.0 Å². The minimum Gasteiger partial charge on any atom is -0.339 e. The summed E-state index contributed by atoms with van der Waals surface area (Å²) in [5.41, 5.74) is 2.69. The molecule has 0 N–H and O–H groups in total. The fraction of sp³-hybridized carbons (Fsp3) is 0.526. The van der Waals surface area contributed by atoms with Crippen molar-refractivity contribution in [3.63, 3.8) is 0 Å². The Balaban J connectivity index is 1.66. The van der Waals surface area contributed by atoms with E-state index in [0.29, 0.717) is 24.8 Å². The Labute approximate surface area is 143 Å². The number of hydrogen-bond donors (Lipinski definition) is 0. The van der Waals surface area contributed by atoms with Gasteiger partial charge in [-0.25, -0.2) is 0 Å². The smallest absolute Gasteiger partial charge is 0.226 e. The summed E-state index contributed by atoms with van der Waals surface area (Å²) in [6.45, 7) is 5.17. The second-order valence-corrected chi connectivity index (χ2v) is 6.42. The van der Waals surface area contributed by atoms with Crippen molar-refractivity contribution in [2.24, 2.45) is 5.92 Å². The first kappa shape index (κ1) is 16.7. The predicted octanol–water partition coefficient (Wildman–Crippen LogP) is 3.18. The first-order chi connectivity index (χ1) is 11.7. The standard InChI is InChI=1S/C19H25N3O2/c1-3-7-18-20-17(21-24-18)13-22(4-2)19(23)16-11-10-14-8-5-6-9-15(14)12-16/h5-6,8-9,16H,3-4,7,10-13H2,1-2H3/t16-/m1/s1. The molecule has 24 heavy (non-hydrogen) atoms. The molecule has 0 saturated heterocycles. The maximum absolute atomic E-state index is 12.9. The van der Waals surface area contributed by atoms with E-state index in [1.807, 2.05) is 11.8 Å². The highest BCUT2D eigenvalue weighted by atomic mass is 16.5. The van der Waals surface area contributed by atoms with Crippen molar-refractivity contribution >= 4 is 5.91 Å². The number of hydrogen-bond acceptors (Lipinski definition) is 4. The van der Waals surface area contributed by atoms with E-state index in [4.69, 9.17) is 4.52 Å². The number of amides is 1. The van der Waals surface area contributed by atoms with Crippen LogP contribution in [0.1, 0.15) is 49.5 Å². The fourth-order valence-electron chi connectivity index (χ4n) is 3.35. The average molecular weight is 327 g/mol. The highest BCUT2D eigenvalue weighted by molar-refractivity contribution is 5.79. The van der Waals surface area contributed by atoms with Gasteiger partial charge < -0.3 is 9.42 Å². The van der Waals surface area contributed by atoms with Crippen molar-refractivity contribution < 1.29 is 9.32 Å². The van der Waals surface area contributed by atoms with Gasteiger partial charge in [0.25, 0.3) is 0 Å². The molecule has 0 fully saturated rings. The lowest BCUT2D eigenvalue weighted by Gasteiger charge is -2.29. The van der Waals surface area contributed by atoms with E-state index in [1.54, 1.807) is 0 Å². The molecule has 1 aromatic carbocycles. The van der Waals surface area contributed by atoms with Gasteiger partial charge in [0.15, 0.2) is 5.82 Å². The Morgan fingerprint density at radius 2 is 2.08 bits per heavy atom. The molecule has 0 spiro atoms. The third kappa shape index (κ3) is 3.66. The van der Waals surface area contributed by atoms with Crippen LogP contribution in [0.4, 0.5) is 0 Å². The second kappa shape index (κ2) is 7.60. The highest BCUT2D eigenvalue weighted by Gasteiger charge is 2.28. The first-order valence-electron chi connectivity index (χ1n) is 8.88. The molecule has 0 saturated carbocycles. The summed E-state index contributed by atoms with van der Waals surface area (Å²) < 4.78 is 5.22. The number of carbonyl (C=O) groups excluding carboxylic acids is 1. The zero-order valence-corrected chi connectivity index (χ0v) is 14.5. The summed E-state index contributed by atoms with van der Waals surface area (Å²) in [7, 11) is 0. The van der Waals surface area contributed by atoms with E-state index in [9.17, 15) is 4.79 Å². The average Bonchev–Trinajstić information content (AvgIpc) is 3.06. The zero-order valence-electron chi connectivity index (χ0n) is 14.5. The van der Waals surface area contributed by atoms with Crippen molar-refractivity contribution in [1.29, 1.82) is 0 Å². The quantitative estimate of drug-likeness (QED) is 0.817. The van der Waals surface area contributed by atoms with Crippen LogP contribution in [0.3, 0.4) is 0 Å². The van der Waals surface area contributed by atoms with Crippen LogP contribution in [-0.4, -0.2) is 27.5 Å². The van der Waals surface area contributed by atoms with E-state index in [1.165, 1.54) is 11.1 Å². The lowest BCUT2D eigenvalue weighted by atomic mass is 9.83. The molecule has 0 bridgehead atoms. The maximum atomic E-state index is 12.9. The Bertz CT molecular complexity index is 695. The molecular weight excluding hydrogens is 302 g/mol. The summed E-state index contributed by atoms with van der Waals surface area (Å²) in [4.78, 5) is 19.1. The third-order valence-electron chi connectivity index (χ3n) is 4.70. The monoisotopic (exact) mass is 327 g/mol. The molecule has 0 aliphatic heterocycles. The number of carbonyl (C=O) groups is 1. The molecule has 2 aromatic rings. The van der Waals surface area contributed by atoms with Crippen molar-refractivity contribution in [3.8, 4) is 0 Å². The minimum atomic E-state index is 0.0573. The molecule has 0 unspecified atom stereocenters. The van der Waals surface area contributed by atoms with Gasteiger partial charge in [0.1, 0.15) is 0 Å². The van der Waals surface area contributed by atoms with Crippen LogP contribution in [0.15, 0.2) is 28.8 Å². The molecule has 1 heterocycles. The van der Waals surface area contributed by atoms with E-state index in [-0.39, 0.29) is 11.8 Å². The van der Waals surface area contributed by atoms with Crippen molar-refractivity contribution in [2.45, 2.75) is 52.5 Å². The van der Waals surface area contributed by atoms with Gasteiger partial charge in [-0.15, -0.1) is 0 Å². The Morgan fingerprint density at radius 3 is 2.83 bits per heavy atom.